The molecule has 0 amide bonds. The van der Waals surface area contributed by atoms with Gasteiger partial charge in [0, 0.05) is 6.04 Å². The molecule has 2 bridgehead atoms. The number of hydrogen-bond acceptors (Lipinski definition) is 4. The Kier molecular flexibility index (Phi) is 3.02. The Morgan fingerprint density at radius 2 is 1.95 bits per heavy atom. The van der Waals surface area contributed by atoms with E-state index in [2.05, 4.69) is 42.4 Å². The molecule has 2 aliphatic carbocycles. The van der Waals surface area contributed by atoms with Crippen LogP contribution in [-0.4, -0.2) is 16.2 Å². The zero-order valence-corrected chi connectivity index (χ0v) is 13.6. The van der Waals surface area contributed by atoms with Crippen molar-refractivity contribution in [2.45, 2.75) is 59.9 Å². The Balaban J connectivity index is 1.98. The Morgan fingerprint density at radius 1 is 1.24 bits per heavy atom. The normalized spacial score (nSPS) is 33.0. The minimum Gasteiger partial charge on any atom is -0.364 e. The largest absolute Gasteiger partial charge is 0.364 e. The van der Waals surface area contributed by atoms with E-state index in [1.54, 1.807) is 0 Å². The molecule has 0 saturated heterocycles. The van der Waals surface area contributed by atoms with Crippen LogP contribution in [0.5, 0.6) is 0 Å². The van der Waals surface area contributed by atoms with Gasteiger partial charge in [0.15, 0.2) is 5.82 Å². The molecule has 0 aromatic carbocycles. The molecule has 1 heterocycles. The summed E-state index contributed by atoms with van der Waals surface area (Å²) in [5.41, 5.74) is 2.95. The molecule has 4 nitrogen and oxygen atoms in total. The second-order valence-corrected chi connectivity index (χ2v) is 7.74. The average Bonchev–Trinajstić information content (AvgIpc) is 2.90. The van der Waals surface area contributed by atoms with Crippen molar-refractivity contribution in [2.24, 2.45) is 16.7 Å². The number of anilines is 1. The number of aryl methyl sites for hydroxylation is 1. The molecule has 0 aliphatic heterocycles. The molecule has 3 unspecified atom stereocenters. The van der Waals surface area contributed by atoms with E-state index in [9.17, 15) is 5.26 Å². The fraction of sp³-hybridized carbons (Fsp3) is 0.706. The lowest BCUT2D eigenvalue weighted by Crippen LogP contribution is -2.46. The van der Waals surface area contributed by atoms with E-state index in [1.165, 1.54) is 19.3 Å². The van der Waals surface area contributed by atoms with Crippen LogP contribution in [0.2, 0.25) is 0 Å². The molecule has 0 spiro atoms. The van der Waals surface area contributed by atoms with E-state index in [0.717, 1.165) is 17.2 Å². The minimum absolute atomic E-state index is 0.236. The molecule has 3 rings (SSSR count). The highest BCUT2D eigenvalue weighted by molar-refractivity contribution is 5.57. The van der Waals surface area contributed by atoms with Gasteiger partial charge in [0.05, 0.1) is 5.69 Å². The Labute approximate surface area is 127 Å². The monoisotopic (exact) mass is 284 g/mol. The number of aromatic nitrogens is 2. The fourth-order valence-electron chi connectivity index (χ4n) is 4.65. The van der Waals surface area contributed by atoms with Crippen molar-refractivity contribution in [1.82, 2.24) is 10.2 Å². The molecule has 0 radical (unpaired) electrons. The number of nitriles is 1. The van der Waals surface area contributed by atoms with Gasteiger partial charge in [0.2, 0.25) is 0 Å². The van der Waals surface area contributed by atoms with E-state index in [4.69, 9.17) is 0 Å². The minimum atomic E-state index is 0.236. The summed E-state index contributed by atoms with van der Waals surface area (Å²) in [7, 11) is 0. The third-order valence-corrected chi connectivity index (χ3v) is 6.12. The van der Waals surface area contributed by atoms with Crippen molar-refractivity contribution in [3.05, 3.63) is 16.8 Å². The van der Waals surface area contributed by atoms with E-state index in [0.29, 0.717) is 22.8 Å². The van der Waals surface area contributed by atoms with Gasteiger partial charge in [-0.2, -0.15) is 10.4 Å². The molecule has 1 N–H and O–H groups in total. The summed E-state index contributed by atoms with van der Waals surface area (Å²) >= 11 is 0. The second-order valence-electron chi connectivity index (χ2n) is 7.74. The summed E-state index contributed by atoms with van der Waals surface area (Å²) in [5.74, 6) is 1.43. The van der Waals surface area contributed by atoms with Crippen molar-refractivity contribution < 1.29 is 0 Å². The van der Waals surface area contributed by atoms with Crippen LogP contribution in [0.3, 0.4) is 0 Å². The molecule has 112 valence electrons. The number of rotatable bonds is 2. The van der Waals surface area contributed by atoms with E-state index < -0.39 is 0 Å². The first-order chi connectivity index (χ1) is 9.79. The van der Waals surface area contributed by atoms with Crippen LogP contribution >= 0.6 is 0 Å². The smallest absolute Gasteiger partial charge is 0.167 e. The zero-order chi connectivity index (χ0) is 15.4. The van der Waals surface area contributed by atoms with Crippen LogP contribution in [0, 0.1) is 41.9 Å². The number of nitrogens with zero attached hydrogens (tertiary/aromatic N) is 3. The van der Waals surface area contributed by atoms with Crippen LogP contribution in [0.4, 0.5) is 5.82 Å². The molecule has 1 aromatic heterocycles. The van der Waals surface area contributed by atoms with E-state index in [-0.39, 0.29) is 5.41 Å². The first-order valence-electron chi connectivity index (χ1n) is 7.80. The van der Waals surface area contributed by atoms with Crippen molar-refractivity contribution >= 4 is 5.82 Å². The number of hydrogen-bond donors (Lipinski definition) is 1. The standard InChI is InChI=1S/C17H24N4/c1-10-11(2)20-21-14(13(10)9-18)19-15-16(3,4)12-6-7-17(15,5)8-12/h12,15H,6-8H2,1-5H3,(H,19,21). The van der Waals surface area contributed by atoms with Gasteiger partial charge in [-0.1, -0.05) is 20.8 Å². The van der Waals surface area contributed by atoms with Crippen LogP contribution in [0.25, 0.3) is 0 Å². The predicted octanol–water partition coefficient (Wildman–Crippen LogP) is 3.59. The SMILES string of the molecule is Cc1nnc(NC2C3(C)CCC(C3)C2(C)C)c(C#N)c1C. The molecular weight excluding hydrogens is 260 g/mol. The topological polar surface area (TPSA) is 61.6 Å². The number of nitrogens with one attached hydrogen (secondary N) is 1. The van der Waals surface area contributed by atoms with Crippen LogP contribution < -0.4 is 5.32 Å². The lowest BCUT2D eigenvalue weighted by molar-refractivity contribution is 0.155. The van der Waals surface area contributed by atoms with Gasteiger partial charge in [-0.15, -0.1) is 5.10 Å². The maximum atomic E-state index is 9.47. The first-order valence-corrected chi connectivity index (χ1v) is 7.80. The third-order valence-electron chi connectivity index (χ3n) is 6.12. The summed E-state index contributed by atoms with van der Waals surface area (Å²) < 4.78 is 0. The highest BCUT2D eigenvalue weighted by atomic mass is 15.2. The number of fused-ring (bicyclic) bond motifs is 2. The predicted molar refractivity (Wildman–Crippen MR) is 82.9 cm³/mol. The molecule has 2 fully saturated rings. The fourth-order valence-corrected chi connectivity index (χ4v) is 4.65. The third kappa shape index (κ3) is 1.94. The molecular formula is C17H24N4. The molecule has 1 aromatic rings. The average molecular weight is 284 g/mol. The van der Waals surface area contributed by atoms with Gasteiger partial charge in [-0.25, -0.2) is 0 Å². The van der Waals surface area contributed by atoms with Crippen LogP contribution in [0.15, 0.2) is 0 Å². The lowest BCUT2D eigenvalue weighted by atomic mass is 9.68. The van der Waals surface area contributed by atoms with E-state index >= 15 is 0 Å². The maximum absolute atomic E-state index is 9.47. The van der Waals surface area contributed by atoms with Gasteiger partial charge in [-0.05, 0) is 55.4 Å². The van der Waals surface area contributed by atoms with Crippen LogP contribution in [-0.2, 0) is 0 Å². The van der Waals surface area contributed by atoms with E-state index in [1.807, 2.05) is 13.8 Å². The molecule has 2 aliphatic rings. The Hall–Kier alpha value is -1.63. The Bertz CT molecular complexity index is 624. The highest BCUT2D eigenvalue weighted by Crippen LogP contribution is 2.63. The summed E-state index contributed by atoms with van der Waals surface area (Å²) in [6, 6.07) is 2.65. The summed E-state index contributed by atoms with van der Waals surface area (Å²) in [6.45, 7) is 10.9. The van der Waals surface area contributed by atoms with Gasteiger partial charge in [-0.3, -0.25) is 0 Å². The van der Waals surface area contributed by atoms with Crippen molar-refractivity contribution in [2.75, 3.05) is 5.32 Å². The Morgan fingerprint density at radius 3 is 2.52 bits per heavy atom. The molecule has 21 heavy (non-hydrogen) atoms. The van der Waals surface area contributed by atoms with Crippen molar-refractivity contribution in [1.29, 1.82) is 5.26 Å². The second kappa shape index (κ2) is 4.43. The summed E-state index contributed by atoms with van der Waals surface area (Å²) in [4.78, 5) is 0. The van der Waals surface area contributed by atoms with Crippen molar-refractivity contribution in [3.8, 4) is 6.07 Å². The zero-order valence-electron chi connectivity index (χ0n) is 13.6. The first kappa shape index (κ1) is 14.3. The highest BCUT2D eigenvalue weighted by Gasteiger charge is 2.59. The lowest BCUT2D eigenvalue weighted by Gasteiger charge is -2.43. The quantitative estimate of drug-likeness (QED) is 0.901. The molecule has 4 heteroatoms. The van der Waals surface area contributed by atoms with Gasteiger partial charge in [0.1, 0.15) is 11.6 Å². The molecule has 2 saturated carbocycles. The van der Waals surface area contributed by atoms with Crippen LogP contribution in [0.1, 0.15) is 56.9 Å². The molecule has 3 atom stereocenters. The van der Waals surface area contributed by atoms with Gasteiger partial charge < -0.3 is 5.32 Å². The van der Waals surface area contributed by atoms with Gasteiger partial charge in [0.25, 0.3) is 0 Å². The maximum Gasteiger partial charge on any atom is 0.167 e. The summed E-state index contributed by atoms with van der Waals surface area (Å²) in [5, 5.41) is 21.5. The van der Waals surface area contributed by atoms with Gasteiger partial charge >= 0.3 is 0 Å². The van der Waals surface area contributed by atoms with Crippen molar-refractivity contribution in [3.63, 3.8) is 0 Å². The summed E-state index contributed by atoms with van der Waals surface area (Å²) in [6.07, 6.45) is 3.86.